The summed E-state index contributed by atoms with van der Waals surface area (Å²) in [5.74, 6) is 1.08. The Labute approximate surface area is 150 Å². The number of hydrogen-bond donors (Lipinski definition) is 1. The minimum atomic E-state index is -0.292. The summed E-state index contributed by atoms with van der Waals surface area (Å²) in [6.45, 7) is 1.82. The van der Waals surface area contributed by atoms with Crippen LogP contribution in [0.4, 0.5) is 10.2 Å². The van der Waals surface area contributed by atoms with Crippen LogP contribution in [0.3, 0.4) is 0 Å². The van der Waals surface area contributed by atoms with E-state index in [0.717, 1.165) is 37.1 Å². The average Bonchev–Trinajstić information content (AvgIpc) is 3.12. The number of para-hydroxylation sites is 2. The molecule has 26 heavy (non-hydrogen) atoms. The van der Waals surface area contributed by atoms with Crippen LogP contribution in [0.25, 0.3) is 21.8 Å². The largest absolute Gasteiger partial charge is 0.361 e. The van der Waals surface area contributed by atoms with Gasteiger partial charge >= 0.3 is 0 Å². The Balaban J connectivity index is 1.42. The number of fused-ring (bicyclic) bond motifs is 2. The zero-order valence-corrected chi connectivity index (χ0v) is 14.3. The zero-order chi connectivity index (χ0) is 17.5. The molecule has 1 aliphatic heterocycles. The van der Waals surface area contributed by atoms with E-state index in [0.29, 0.717) is 11.4 Å². The normalized spacial score (nSPS) is 15.8. The third kappa shape index (κ3) is 2.43. The molecule has 1 fully saturated rings. The molecule has 4 aromatic rings. The number of aromatic nitrogens is 3. The van der Waals surface area contributed by atoms with Crippen molar-refractivity contribution >= 4 is 27.6 Å². The van der Waals surface area contributed by atoms with Crippen LogP contribution in [-0.2, 0) is 0 Å². The van der Waals surface area contributed by atoms with Crippen LogP contribution in [0.1, 0.15) is 24.3 Å². The molecule has 130 valence electrons. The number of nitrogens with one attached hydrogen (secondary N) is 1. The highest BCUT2D eigenvalue weighted by Gasteiger charge is 2.24. The van der Waals surface area contributed by atoms with Crippen molar-refractivity contribution in [2.45, 2.75) is 18.8 Å². The first kappa shape index (κ1) is 15.3. The molecule has 1 aliphatic rings. The van der Waals surface area contributed by atoms with Crippen molar-refractivity contribution in [2.75, 3.05) is 18.0 Å². The molecule has 0 spiro atoms. The van der Waals surface area contributed by atoms with Gasteiger partial charge in [0.2, 0.25) is 0 Å². The monoisotopic (exact) mass is 346 g/mol. The second kappa shape index (κ2) is 6.09. The van der Waals surface area contributed by atoms with Gasteiger partial charge in [-0.15, -0.1) is 0 Å². The lowest BCUT2D eigenvalue weighted by Gasteiger charge is -2.33. The molecule has 0 saturated carbocycles. The average molecular weight is 346 g/mol. The van der Waals surface area contributed by atoms with E-state index in [1.54, 1.807) is 6.07 Å². The van der Waals surface area contributed by atoms with Crippen molar-refractivity contribution in [1.29, 1.82) is 0 Å². The Morgan fingerprint density at radius 3 is 2.65 bits per heavy atom. The highest BCUT2D eigenvalue weighted by Crippen LogP contribution is 2.35. The summed E-state index contributed by atoms with van der Waals surface area (Å²) in [5.41, 5.74) is 3.00. The van der Waals surface area contributed by atoms with Crippen LogP contribution < -0.4 is 4.90 Å². The molecule has 0 unspecified atom stereocenters. The van der Waals surface area contributed by atoms with E-state index in [-0.39, 0.29) is 5.82 Å². The van der Waals surface area contributed by atoms with E-state index in [4.69, 9.17) is 0 Å². The predicted octanol–water partition coefficient (Wildman–Crippen LogP) is 4.63. The number of halogens is 1. The number of hydrogen-bond acceptors (Lipinski definition) is 3. The van der Waals surface area contributed by atoms with Gasteiger partial charge in [-0.1, -0.05) is 24.3 Å². The van der Waals surface area contributed by atoms with E-state index >= 15 is 0 Å². The number of aromatic amines is 1. The molecule has 0 aliphatic carbocycles. The SMILES string of the molecule is Fc1cccc2c(N3CCC(c4c[nH]c5ccccc45)CC3)ncnc12. The maximum atomic E-state index is 14.0. The van der Waals surface area contributed by atoms with Crippen LogP contribution >= 0.6 is 0 Å². The summed E-state index contributed by atoms with van der Waals surface area (Å²) in [6.07, 6.45) is 5.73. The molecule has 2 aromatic carbocycles. The summed E-state index contributed by atoms with van der Waals surface area (Å²) in [4.78, 5) is 14.2. The van der Waals surface area contributed by atoms with Gasteiger partial charge in [-0.3, -0.25) is 0 Å². The molecule has 4 nitrogen and oxygen atoms in total. The van der Waals surface area contributed by atoms with Gasteiger partial charge in [0.1, 0.15) is 23.5 Å². The standard InChI is InChI=1S/C21H19FN4/c22-18-6-3-5-16-20(18)24-13-25-21(16)26-10-8-14(9-11-26)17-12-23-19-7-2-1-4-15(17)19/h1-7,12-14,23H,8-11H2. The molecular formula is C21H19FN4. The Hall–Kier alpha value is -2.95. The Morgan fingerprint density at radius 2 is 1.77 bits per heavy atom. The summed E-state index contributed by atoms with van der Waals surface area (Å²) < 4.78 is 14.0. The Bertz CT molecular complexity index is 1080. The molecule has 0 bridgehead atoms. The number of piperidine rings is 1. The lowest BCUT2D eigenvalue weighted by atomic mass is 9.89. The van der Waals surface area contributed by atoms with Crippen molar-refractivity contribution < 1.29 is 4.39 Å². The first-order valence-electron chi connectivity index (χ1n) is 9.01. The lowest BCUT2D eigenvalue weighted by Crippen LogP contribution is -2.33. The van der Waals surface area contributed by atoms with Crippen molar-refractivity contribution in [2.24, 2.45) is 0 Å². The fourth-order valence-electron chi connectivity index (χ4n) is 4.12. The fraction of sp³-hybridized carbons (Fsp3) is 0.238. The number of anilines is 1. The van der Waals surface area contributed by atoms with Crippen LogP contribution in [0, 0.1) is 5.82 Å². The first-order chi connectivity index (χ1) is 12.8. The van der Waals surface area contributed by atoms with Gasteiger partial charge in [0.15, 0.2) is 0 Å². The second-order valence-electron chi connectivity index (χ2n) is 6.88. The van der Waals surface area contributed by atoms with Gasteiger partial charge < -0.3 is 9.88 Å². The van der Waals surface area contributed by atoms with Crippen LogP contribution in [-0.4, -0.2) is 28.0 Å². The summed E-state index contributed by atoms with van der Waals surface area (Å²) in [5, 5.41) is 2.11. The highest BCUT2D eigenvalue weighted by molar-refractivity contribution is 5.89. The minimum absolute atomic E-state index is 0.292. The van der Waals surface area contributed by atoms with Gasteiger partial charge in [0, 0.05) is 35.6 Å². The molecule has 0 atom stereocenters. The third-order valence-corrected chi connectivity index (χ3v) is 5.45. The molecule has 1 saturated heterocycles. The first-order valence-corrected chi connectivity index (χ1v) is 9.01. The van der Waals surface area contributed by atoms with Gasteiger partial charge in [0.25, 0.3) is 0 Å². The lowest BCUT2D eigenvalue weighted by molar-refractivity contribution is 0.506. The zero-order valence-electron chi connectivity index (χ0n) is 14.3. The highest BCUT2D eigenvalue weighted by atomic mass is 19.1. The van der Waals surface area contributed by atoms with E-state index in [1.807, 2.05) is 6.07 Å². The van der Waals surface area contributed by atoms with Crippen molar-refractivity contribution in [3.05, 3.63) is 66.4 Å². The number of nitrogens with zero attached hydrogens (tertiary/aromatic N) is 3. The van der Waals surface area contributed by atoms with Crippen molar-refractivity contribution in [3.63, 3.8) is 0 Å². The molecule has 1 N–H and O–H groups in total. The van der Waals surface area contributed by atoms with Gasteiger partial charge in [-0.25, -0.2) is 14.4 Å². The Kier molecular flexibility index (Phi) is 3.59. The topological polar surface area (TPSA) is 44.8 Å². The van der Waals surface area contributed by atoms with Crippen LogP contribution in [0.15, 0.2) is 55.0 Å². The quantitative estimate of drug-likeness (QED) is 0.575. The molecule has 0 radical (unpaired) electrons. The third-order valence-electron chi connectivity index (χ3n) is 5.45. The van der Waals surface area contributed by atoms with Gasteiger partial charge in [0.05, 0.1) is 0 Å². The van der Waals surface area contributed by atoms with Crippen molar-refractivity contribution in [3.8, 4) is 0 Å². The minimum Gasteiger partial charge on any atom is -0.361 e. The summed E-state index contributed by atoms with van der Waals surface area (Å²) >= 11 is 0. The molecule has 5 heteroatoms. The van der Waals surface area contributed by atoms with E-state index in [2.05, 4.69) is 50.3 Å². The van der Waals surface area contributed by atoms with Gasteiger partial charge in [-0.2, -0.15) is 0 Å². The number of H-pyrrole nitrogens is 1. The second-order valence-corrected chi connectivity index (χ2v) is 6.88. The summed E-state index contributed by atoms with van der Waals surface area (Å²) in [6, 6.07) is 13.5. The predicted molar refractivity (Wildman–Crippen MR) is 102 cm³/mol. The molecule has 3 heterocycles. The van der Waals surface area contributed by atoms with E-state index in [1.165, 1.54) is 28.9 Å². The maximum absolute atomic E-state index is 14.0. The maximum Gasteiger partial charge on any atom is 0.149 e. The Morgan fingerprint density at radius 1 is 0.962 bits per heavy atom. The van der Waals surface area contributed by atoms with E-state index < -0.39 is 0 Å². The molecule has 2 aromatic heterocycles. The smallest absolute Gasteiger partial charge is 0.149 e. The van der Waals surface area contributed by atoms with Crippen molar-refractivity contribution in [1.82, 2.24) is 15.0 Å². The molecule has 0 amide bonds. The van der Waals surface area contributed by atoms with Crippen LogP contribution in [0.5, 0.6) is 0 Å². The summed E-state index contributed by atoms with van der Waals surface area (Å²) in [7, 11) is 0. The van der Waals surface area contributed by atoms with Gasteiger partial charge in [-0.05, 0) is 42.5 Å². The number of benzene rings is 2. The van der Waals surface area contributed by atoms with E-state index in [9.17, 15) is 4.39 Å². The number of rotatable bonds is 2. The molecular weight excluding hydrogens is 327 g/mol. The van der Waals surface area contributed by atoms with Crippen LogP contribution in [0.2, 0.25) is 0 Å². The fourth-order valence-corrected chi connectivity index (χ4v) is 4.12. The molecule has 5 rings (SSSR count).